The van der Waals surface area contributed by atoms with Gasteiger partial charge in [0.05, 0.1) is 0 Å². The zero-order chi connectivity index (χ0) is 8.91. The lowest BCUT2D eigenvalue weighted by molar-refractivity contribution is 0.463. The minimum atomic E-state index is -1.37. The molecule has 11 heavy (non-hydrogen) atoms. The normalized spacial score (nSPS) is 13.4. The molecule has 0 unspecified atom stereocenters. The van der Waals surface area contributed by atoms with E-state index in [1.807, 2.05) is 13.0 Å². The summed E-state index contributed by atoms with van der Waals surface area (Å²) in [6.07, 6.45) is 2.05. The molecule has 0 spiro atoms. The molecule has 0 N–H and O–H groups in total. The smallest absolute Gasteiger partial charge is 0.242 e. The van der Waals surface area contributed by atoms with Crippen molar-refractivity contribution in [1.82, 2.24) is 0 Å². The van der Waals surface area contributed by atoms with E-state index in [0.717, 1.165) is 10.8 Å². The minimum absolute atomic E-state index is 1.09. The third-order valence-electron chi connectivity index (χ3n) is 0.929. The average molecular weight is 190 g/mol. The second kappa shape index (κ2) is 4.88. The van der Waals surface area contributed by atoms with Gasteiger partial charge >= 0.3 is 0 Å². The predicted molar refractivity (Wildman–Crippen MR) is 56.3 cm³/mol. The summed E-state index contributed by atoms with van der Waals surface area (Å²) in [7, 11) is -1.37. The van der Waals surface area contributed by atoms with E-state index in [9.17, 15) is 0 Å². The van der Waals surface area contributed by atoms with Gasteiger partial charge in [-0.05, 0) is 38.4 Å². The molecule has 0 fully saturated rings. The SMILES string of the molecule is C/C=C(/O[Si](C)(C)C)SCC. The summed E-state index contributed by atoms with van der Waals surface area (Å²) in [4.78, 5) is 0. The van der Waals surface area contributed by atoms with Gasteiger partial charge in [-0.15, -0.1) is 0 Å². The molecular formula is C8H18OSSi. The number of thioether (sulfide) groups is 1. The molecule has 0 aromatic rings. The molecule has 0 saturated carbocycles. The maximum atomic E-state index is 5.79. The van der Waals surface area contributed by atoms with E-state index >= 15 is 0 Å². The molecule has 0 aliphatic carbocycles. The fourth-order valence-electron chi connectivity index (χ4n) is 0.616. The van der Waals surface area contributed by atoms with Crippen molar-refractivity contribution >= 4 is 20.1 Å². The Labute approximate surface area is 75.3 Å². The zero-order valence-corrected chi connectivity index (χ0v) is 9.92. The van der Waals surface area contributed by atoms with Crippen molar-refractivity contribution in [3.05, 3.63) is 11.2 Å². The first-order chi connectivity index (χ1) is 4.99. The molecule has 0 aliphatic heterocycles. The summed E-state index contributed by atoms with van der Waals surface area (Å²) in [6, 6.07) is 0. The molecular weight excluding hydrogens is 172 g/mol. The van der Waals surface area contributed by atoms with Crippen LogP contribution in [0.15, 0.2) is 11.2 Å². The molecule has 1 nitrogen and oxygen atoms in total. The summed E-state index contributed by atoms with van der Waals surface area (Å²) in [5.74, 6) is 1.09. The lowest BCUT2D eigenvalue weighted by atomic mass is 10.7. The van der Waals surface area contributed by atoms with Gasteiger partial charge in [-0.25, -0.2) is 0 Å². The van der Waals surface area contributed by atoms with Gasteiger partial charge in [0.1, 0.15) is 5.09 Å². The molecule has 0 atom stereocenters. The Hall–Kier alpha value is 0.107. The van der Waals surface area contributed by atoms with Crippen LogP contribution in [0.2, 0.25) is 19.6 Å². The van der Waals surface area contributed by atoms with Gasteiger partial charge in [-0.3, -0.25) is 0 Å². The van der Waals surface area contributed by atoms with E-state index in [0.29, 0.717) is 0 Å². The van der Waals surface area contributed by atoms with Gasteiger partial charge in [0.25, 0.3) is 0 Å². The highest BCUT2D eigenvalue weighted by atomic mass is 32.2. The van der Waals surface area contributed by atoms with E-state index in [2.05, 4.69) is 26.6 Å². The Bertz CT molecular complexity index is 138. The van der Waals surface area contributed by atoms with Crippen molar-refractivity contribution in [1.29, 1.82) is 0 Å². The van der Waals surface area contributed by atoms with Crippen LogP contribution in [-0.4, -0.2) is 14.1 Å². The molecule has 0 saturated heterocycles. The number of hydrogen-bond acceptors (Lipinski definition) is 2. The Balaban J connectivity index is 3.90. The zero-order valence-electron chi connectivity index (χ0n) is 8.10. The molecule has 0 aliphatic rings. The Morgan fingerprint density at radius 1 is 1.45 bits per heavy atom. The second-order valence-corrected chi connectivity index (χ2v) is 8.95. The van der Waals surface area contributed by atoms with Crippen LogP contribution in [0, 0.1) is 0 Å². The lowest BCUT2D eigenvalue weighted by Gasteiger charge is -2.20. The highest BCUT2D eigenvalue weighted by Crippen LogP contribution is 2.20. The third kappa shape index (κ3) is 6.50. The molecule has 0 rings (SSSR count). The topological polar surface area (TPSA) is 9.23 Å². The maximum Gasteiger partial charge on any atom is 0.242 e. The van der Waals surface area contributed by atoms with Crippen molar-refractivity contribution in [2.45, 2.75) is 33.5 Å². The van der Waals surface area contributed by atoms with E-state index < -0.39 is 8.32 Å². The molecule has 0 radical (unpaired) electrons. The van der Waals surface area contributed by atoms with Gasteiger partial charge in [0.15, 0.2) is 0 Å². The van der Waals surface area contributed by atoms with Crippen LogP contribution in [0.3, 0.4) is 0 Å². The molecule has 0 aromatic carbocycles. The first kappa shape index (κ1) is 11.1. The van der Waals surface area contributed by atoms with Crippen LogP contribution in [0.25, 0.3) is 0 Å². The second-order valence-electron chi connectivity index (χ2n) is 3.26. The highest BCUT2D eigenvalue weighted by molar-refractivity contribution is 8.02. The summed E-state index contributed by atoms with van der Waals surface area (Å²) >= 11 is 1.78. The van der Waals surface area contributed by atoms with E-state index in [1.54, 1.807) is 11.8 Å². The van der Waals surface area contributed by atoms with Crippen molar-refractivity contribution in [2.75, 3.05) is 5.75 Å². The maximum absolute atomic E-state index is 5.79. The number of rotatable bonds is 4. The standard InChI is InChI=1S/C8H18OSSi/c1-6-8(10-7-2)9-11(3,4)5/h6H,7H2,1-5H3/b8-6-. The molecule has 0 heterocycles. The fraction of sp³-hybridized carbons (Fsp3) is 0.750. The Morgan fingerprint density at radius 2 is 2.00 bits per heavy atom. The molecule has 3 heteroatoms. The van der Waals surface area contributed by atoms with E-state index in [4.69, 9.17) is 4.43 Å². The van der Waals surface area contributed by atoms with Crippen LogP contribution in [0.4, 0.5) is 0 Å². The molecule has 0 aromatic heterocycles. The van der Waals surface area contributed by atoms with Gasteiger partial charge in [-0.1, -0.05) is 18.7 Å². The summed E-state index contributed by atoms with van der Waals surface area (Å²) < 4.78 is 5.79. The van der Waals surface area contributed by atoms with Crippen molar-refractivity contribution in [2.24, 2.45) is 0 Å². The van der Waals surface area contributed by atoms with Gasteiger partial charge < -0.3 is 4.43 Å². The largest absolute Gasteiger partial charge is 0.540 e. The lowest BCUT2D eigenvalue weighted by Crippen LogP contribution is -2.24. The van der Waals surface area contributed by atoms with E-state index in [1.165, 1.54) is 0 Å². The molecule has 0 bridgehead atoms. The fourth-order valence-corrected chi connectivity index (χ4v) is 2.77. The summed E-state index contributed by atoms with van der Waals surface area (Å²) in [5.41, 5.74) is 0. The first-order valence-corrected chi connectivity index (χ1v) is 8.37. The van der Waals surface area contributed by atoms with Gasteiger partial charge in [0, 0.05) is 0 Å². The summed E-state index contributed by atoms with van der Waals surface area (Å²) in [5, 5.41) is 1.09. The van der Waals surface area contributed by atoms with Crippen molar-refractivity contribution in [3.63, 3.8) is 0 Å². The Morgan fingerprint density at radius 3 is 2.27 bits per heavy atom. The minimum Gasteiger partial charge on any atom is -0.540 e. The van der Waals surface area contributed by atoms with Gasteiger partial charge in [-0.2, -0.15) is 0 Å². The van der Waals surface area contributed by atoms with Crippen LogP contribution >= 0.6 is 11.8 Å². The predicted octanol–water partition coefficient (Wildman–Crippen LogP) is 3.45. The summed E-state index contributed by atoms with van der Waals surface area (Å²) in [6.45, 7) is 10.8. The number of hydrogen-bond donors (Lipinski definition) is 0. The average Bonchev–Trinajstić information content (AvgIpc) is 1.84. The Kier molecular flexibility index (Phi) is 4.93. The van der Waals surface area contributed by atoms with Crippen molar-refractivity contribution < 1.29 is 4.43 Å². The van der Waals surface area contributed by atoms with Crippen LogP contribution in [-0.2, 0) is 4.43 Å². The van der Waals surface area contributed by atoms with Crippen LogP contribution in [0.5, 0.6) is 0 Å². The van der Waals surface area contributed by atoms with Crippen LogP contribution in [0.1, 0.15) is 13.8 Å². The first-order valence-electron chi connectivity index (χ1n) is 3.97. The van der Waals surface area contributed by atoms with E-state index in [-0.39, 0.29) is 0 Å². The molecule has 66 valence electrons. The number of allylic oxidation sites excluding steroid dienone is 1. The highest BCUT2D eigenvalue weighted by Gasteiger charge is 2.16. The molecule has 0 amide bonds. The van der Waals surface area contributed by atoms with Crippen molar-refractivity contribution in [3.8, 4) is 0 Å². The van der Waals surface area contributed by atoms with Crippen LogP contribution < -0.4 is 0 Å². The van der Waals surface area contributed by atoms with Gasteiger partial charge in [0.2, 0.25) is 8.32 Å². The quantitative estimate of drug-likeness (QED) is 0.496. The third-order valence-corrected chi connectivity index (χ3v) is 2.80. The monoisotopic (exact) mass is 190 g/mol.